The van der Waals surface area contributed by atoms with Crippen LogP contribution in [0.1, 0.15) is 43.1 Å². The number of imidazole rings is 1. The second kappa shape index (κ2) is 7.67. The number of piperidine rings is 1. The summed E-state index contributed by atoms with van der Waals surface area (Å²) < 4.78 is 25.6. The van der Waals surface area contributed by atoms with Gasteiger partial charge in [-0.3, -0.25) is 14.0 Å². The number of nitrogens with zero attached hydrogens (tertiary/aromatic N) is 3. The number of hydrogen-bond donors (Lipinski definition) is 1. The molecule has 0 saturated carbocycles. The molecule has 2 aromatic heterocycles. The summed E-state index contributed by atoms with van der Waals surface area (Å²) in [6.45, 7) is 2.93. The van der Waals surface area contributed by atoms with Crippen LogP contribution in [0, 0.1) is 0 Å². The standard InChI is InChI=1S/C18H24N4O4S/c1-3-19-15(23)12-13-8-4-6-10-21(13)17(24)16-14-9-5-7-11-22(14)18(20-16)27(2,25)26/h5,7,9,11,13H,3-4,6,8,10,12H2,1-2H3,(H,19,23). The van der Waals surface area contributed by atoms with Gasteiger partial charge in [0, 0.05) is 38.0 Å². The third-order valence-electron chi connectivity index (χ3n) is 4.73. The molecule has 2 amide bonds. The number of hydrogen-bond acceptors (Lipinski definition) is 5. The van der Waals surface area contributed by atoms with Gasteiger partial charge in [0.15, 0.2) is 5.69 Å². The van der Waals surface area contributed by atoms with Crippen LogP contribution in [0.5, 0.6) is 0 Å². The molecule has 27 heavy (non-hydrogen) atoms. The number of fused-ring (bicyclic) bond motifs is 1. The second-order valence-electron chi connectivity index (χ2n) is 6.78. The van der Waals surface area contributed by atoms with Crippen molar-refractivity contribution in [3.05, 3.63) is 30.1 Å². The average molecular weight is 392 g/mol. The molecule has 1 N–H and O–H groups in total. The molecule has 3 rings (SSSR count). The molecule has 1 aliphatic rings. The highest BCUT2D eigenvalue weighted by atomic mass is 32.2. The van der Waals surface area contributed by atoms with E-state index in [1.807, 2.05) is 6.92 Å². The lowest BCUT2D eigenvalue weighted by Gasteiger charge is -2.35. The van der Waals surface area contributed by atoms with Crippen molar-refractivity contribution in [1.82, 2.24) is 19.6 Å². The highest BCUT2D eigenvalue weighted by molar-refractivity contribution is 7.90. The second-order valence-corrected chi connectivity index (χ2v) is 8.69. The first kappa shape index (κ1) is 19.3. The summed E-state index contributed by atoms with van der Waals surface area (Å²) in [7, 11) is -3.60. The van der Waals surface area contributed by atoms with Crippen molar-refractivity contribution < 1.29 is 18.0 Å². The first-order valence-electron chi connectivity index (χ1n) is 9.07. The van der Waals surface area contributed by atoms with E-state index in [1.54, 1.807) is 29.3 Å². The molecule has 3 heterocycles. The third-order valence-corrected chi connectivity index (χ3v) is 5.68. The number of carbonyl (C=O) groups is 2. The summed E-state index contributed by atoms with van der Waals surface area (Å²) >= 11 is 0. The molecule has 0 radical (unpaired) electrons. The van der Waals surface area contributed by atoms with Crippen molar-refractivity contribution in [1.29, 1.82) is 0 Å². The lowest BCUT2D eigenvalue weighted by Crippen LogP contribution is -2.46. The number of carbonyl (C=O) groups excluding carboxylic acids is 2. The smallest absolute Gasteiger partial charge is 0.275 e. The van der Waals surface area contributed by atoms with E-state index in [2.05, 4.69) is 10.3 Å². The fraction of sp³-hybridized carbons (Fsp3) is 0.500. The Balaban J connectivity index is 1.98. The van der Waals surface area contributed by atoms with E-state index >= 15 is 0 Å². The number of likely N-dealkylation sites (tertiary alicyclic amines) is 1. The molecule has 8 nitrogen and oxygen atoms in total. The molecule has 2 aromatic rings. The SMILES string of the molecule is CCNC(=O)CC1CCCCN1C(=O)c1nc(S(C)(=O)=O)n2ccccc12. The van der Waals surface area contributed by atoms with Crippen LogP contribution in [0.3, 0.4) is 0 Å². The lowest BCUT2D eigenvalue weighted by atomic mass is 9.98. The Hall–Kier alpha value is -2.42. The van der Waals surface area contributed by atoms with Crippen LogP contribution < -0.4 is 5.32 Å². The summed E-state index contributed by atoms with van der Waals surface area (Å²) in [6, 6.07) is 4.90. The van der Waals surface area contributed by atoms with Crippen LogP contribution in [0.2, 0.25) is 0 Å². The maximum atomic E-state index is 13.2. The fourth-order valence-electron chi connectivity index (χ4n) is 3.53. The zero-order valence-electron chi connectivity index (χ0n) is 15.5. The largest absolute Gasteiger partial charge is 0.356 e. The van der Waals surface area contributed by atoms with E-state index in [4.69, 9.17) is 0 Å². The Morgan fingerprint density at radius 1 is 1.30 bits per heavy atom. The topological polar surface area (TPSA) is 101 Å². The number of sulfone groups is 1. The Morgan fingerprint density at radius 2 is 2.07 bits per heavy atom. The summed E-state index contributed by atoms with van der Waals surface area (Å²) in [6.07, 6.45) is 5.44. The zero-order chi connectivity index (χ0) is 19.6. The van der Waals surface area contributed by atoms with E-state index in [1.165, 1.54) is 4.40 Å². The van der Waals surface area contributed by atoms with E-state index in [-0.39, 0.29) is 35.1 Å². The number of amides is 2. The van der Waals surface area contributed by atoms with Crippen molar-refractivity contribution in [2.75, 3.05) is 19.3 Å². The molecular weight excluding hydrogens is 368 g/mol. The molecule has 0 aliphatic carbocycles. The van der Waals surface area contributed by atoms with Gasteiger partial charge in [-0.1, -0.05) is 6.07 Å². The minimum Gasteiger partial charge on any atom is -0.356 e. The summed E-state index contributed by atoms with van der Waals surface area (Å²) in [4.78, 5) is 31.1. The van der Waals surface area contributed by atoms with Crippen LogP contribution in [0.15, 0.2) is 29.6 Å². The number of aromatic nitrogens is 2. The minimum atomic E-state index is -3.60. The highest BCUT2D eigenvalue weighted by Gasteiger charge is 2.32. The summed E-state index contributed by atoms with van der Waals surface area (Å²) in [5.41, 5.74) is 0.559. The van der Waals surface area contributed by atoms with Gasteiger partial charge in [-0.25, -0.2) is 13.4 Å². The normalized spacial score (nSPS) is 17.9. The highest BCUT2D eigenvalue weighted by Crippen LogP contribution is 2.25. The molecule has 1 aliphatic heterocycles. The van der Waals surface area contributed by atoms with Gasteiger partial charge in [0.2, 0.25) is 20.9 Å². The van der Waals surface area contributed by atoms with Crippen molar-refractivity contribution in [3.63, 3.8) is 0 Å². The Morgan fingerprint density at radius 3 is 2.78 bits per heavy atom. The lowest BCUT2D eigenvalue weighted by molar-refractivity contribution is -0.122. The third kappa shape index (κ3) is 3.97. The van der Waals surface area contributed by atoms with Crippen molar-refractivity contribution in [2.24, 2.45) is 0 Å². The molecule has 1 saturated heterocycles. The van der Waals surface area contributed by atoms with Crippen LogP contribution in [-0.2, 0) is 14.6 Å². The Labute approximate surface area is 158 Å². The van der Waals surface area contributed by atoms with Gasteiger partial charge in [0.25, 0.3) is 5.91 Å². The molecule has 0 aromatic carbocycles. The van der Waals surface area contributed by atoms with E-state index in [0.717, 1.165) is 25.5 Å². The molecule has 0 spiro atoms. The van der Waals surface area contributed by atoms with Gasteiger partial charge in [-0.15, -0.1) is 0 Å². The molecule has 1 fully saturated rings. The van der Waals surface area contributed by atoms with Crippen LogP contribution >= 0.6 is 0 Å². The molecular formula is C18H24N4O4S. The van der Waals surface area contributed by atoms with Crippen LogP contribution in [0.4, 0.5) is 0 Å². The van der Waals surface area contributed by atoms with Crippen LogP contribution in [-0.4, -0.2) is 59.9 Å². The van der Waals surface area contributed by atoms with E-state index < -0.39 is 9.84 Å². The maximum absolute atomic E-state index is 13.2. The van der Waals surface area contributed by atoms with Gasteiger partial charge in [0.05, 0.1) is 5.52 Å². The summed E-state index contributed by atoms with van der Waals surface area (Å²) in [5, 5.41) is 2.62. The van der Waals surface area contributed by atoms with Gasteiger partial charge >= 0.3 is 0 Å². The van der Waals surface area contributed by atoms with Gasteiger partial charge in [-0.05, 0) is 38.3 Å². The minimum absolute atomic E-state index is 0.0891. The number of rotatable bonds is 5. The predicted molar refractivity (Wildman–Crippen MR) is 100 cm³/mol. The zero-order valence-corrected chi connectivity index (χ0v) is 16.3. The van der Waals surface area contributed by atoms with E-state index in [0.29, 0.717) is 18.6 Å². The molecule has 146 valence electrons. The number of pyridine rings is 1. The van der Waals surface area contributed by atoms with Crippen molar-refractivity contribution in [3.8, 4) is 0 Å². The first-order valence-corrected chi connectivity index (χ1v) is 11.0. The molecule has 9 heteroatoms. The molecule has 1 unspecified atom stereocenters. The molecule has 0 bridgehead atoms. The molecule has 1 atom stereocenters. The van der Waals surface area contributed by atoms with Crippen molar-refractivity contribution >= 4 is 27.2 Å². The fourth-order valence-corrected chi connectivity index (χ4v) is 4.30. The van der Waals surface area contributed by atoms with E-state index in [9.17, 15) is 18.0 Å². The number of nitrogens with one attached hydrogen (secondary N) is 1. The van der Waals surface area contributed by atoms with Crippen molar-refractivity contribution in [2.45, 2.75) is 43.8 Å². The van der Waals surface area contributed by atoms with Gasteiger partial charge < -0.3 is 10.2 Å². The first-order chi connectivity index (χ1) is 12.8. The van der Waals surface area contributed by atoms with Crippen LogP contribution in [0.25, 0.3) is 5.52 Å². The van der Waals surface area contributed by atoms with Gasteiger partial charge in [0.1, 0.15) is 0 Å². The maximum Gasteiger partial charge on any atom is 0.275 e. The Bertz CT molecular complexity index is 967. The Kier molecular flexibility index (Phi) is 5.50. The summed E-state index contributed by atoms with van der Waals surface area (Å²) in [5.74, 6) is -0.420. The quantitative estimate of drug-likeness (QED) is 0.826. The van der Waals surface area contributed by atoms with Gasteiger partial charge in [-0.2, -0.15) is 0 Å². The average Bonchev–Trinajstić information content (AvgIpc) is 3.02. The predicted octanol–water partition coefficient (Wildman–Crippen LogP) is 1.26. The monoisotopic (exact) mass is 392 g/mol.